The van der Waals surface area contributed by atoms with Crippen LogP contribution in [0.15, 0.2) is 22.5 Å². The molecule has 1 heterocycles. The lowest BCUT2D eigenvalue weighted by atomic mass is 10.2. The SMILES string of the molecule is CCCSc1nnc(NC(=O)c2ccc(OC)c(OCC)c2)s1. The van der Waals surface area contributed by atoms with E-state index in [0.717, 1.165) is 16.5 Å². The number of nitrogens with zero attached hydrogens (tertiary/aromatic N) is 2. The molecule has 2 rings (SSSR count). The van der Waals surface area contributed by atoms with Crippen molar-refractivity contribution in [1.82, 2.24) is 10.2 Å². The second kappa shape index (κ2) is 8.73. The van der Waals surface area contributed by atoms with Crippen molar-refractivity contribution in [2.75, 3.05) is 24.8 Å². The van der Waals surface area contributed by atoms with Gasteiger partial charge < -0.3 is 9.47 Å². The third-order valence-corrected chi connectivity index (χ3v) is 4.96. The summed E-state index contributed by atoms with van der Waals surface area (Å²) < 4.78 is 11.5. The van der Waals surface area contributed by atoms with Gasteiger partial charge in [0.25, 0.3) is 5.91 Å². The minimum Gasteiger partial charge on any atom is -0.493 e. The number of hydrogen-bond acceptors (Lipinski definition) is 7. The fraction of sp³-hybridized carbons (Fsp3) is 0.400. The number of anilines is 1. The molecule has 2 aromatic rings. The van der Waals surface area contributed by atoms with Crippen LogP contribution in [-0.4, -0.2) is 35.6 Å². The molecule has 0 aliphatic carbocycles. The smallest absolute Gasteiger partial charge is 0.257 e. The quantitative estimate of drug-likeness (QED) is 0.576. The molecular weight excluding hydrogens is 334 g/mol. The number of aromatic nitrogens is 2. The molecule has 124 valence electrons. The fourth-order valence-electron chi connectivity index (χ4n) is 1.76. The summed E-state index contributed by atoms with van der Waals surface area (Å²) in [5, 5.41) is 11.3. The number of nitrogens with one attached hydrogen (secondary N) is 1. The maximum Gasteiger partial charge on any atom is 0.257 e. The Morgan fingerprint density at radius 1 is 1.30 bits per heavy atom. The Balaban J connectivity index is 2.08. The van der Waals surface area contributed by atoms with Crippen LogP contribution in [0, 0.1) is 0 Å². The van der Waals surface area contributed by atoms with Gasteiger partial charge in [-0.1, -0.05) is 30.0 Å². The van der Waals surface area contributed by atoms with Gasteiger partial charge in [-0.2, -0.15) is 0 Å². The Kier molecular flexibility index (Phi) is 6.66. The number of hydrogen-bond donors (Lipinski definition) is 1. The number of carbonyl (C=O) groups is 1. The second-order valence-corrected chi connectivity index (χ2v) is 6.79. The molecule has 0 aliphatic heterocycles. The van der Waals surface area contributed by atoms with Gasteiger partial charge >= 0.3 is 0 Å². The van der Waals surface area contributed by atoms with Crippen LogP contribution in [-0.2, 0) is 0 Å². The predicted molar refractivity (Wildman–Crippen MR) is 93.0 cm³/mol. The Morgan fingerprint density at radius 3 is 2.83 bits per heavy atom. The molecule has 0 fully saturated rings. The number of ether oxygens (including phenoxy) is 2. The molecule has 0 bridgehead atoms. The highest BCUT2D eigenvalue weighted by Gasteiger charge is 2.13. The standard InChI is InChI=1S/C15H19N3O3S2/c1-4-8-22-15-18-17-14(23-15)16-13(19)10-6-7-11(20-3)12(9-10)21-5-2/h6-7,9H,4-5,8H2,1-3H3,(H,16,17,19). The summed E-state index contributed by atoms with van der Waals surface area (Å²) in [5.74, 6) is 1.87. The topological polar surface area (TPSA) is 73.3 Å². The molecule has 6 nitrogen and oxygen atoms in total. The molecule has 0 saturated heterocycles. The molecular formula is C15H19N3O3S2. The summed E-state index contributed by atoms with van der Waals surface area (Å²) in [6, 6.07) is 5.05. The second-order valence-electron chi connectivity index (χ2n) is 4.47. The number of rotatable bonds is 8. The van der Waals surface area contributed by atoms with E-state index < -0.39 is 0 Å². The van der Waals surface area contributed by atoms with Crippen molar-refractivity contribution >= 4 is 34.1 Å². The molecule has 0 spiro atoms. The van der Waals surface area contributed by atoms with E-state index in [9.17, 15) is 4.79 Å². The number of carbonyl (C=O) groups excluding carboxylic acids is 1. The Morgan fingerprint density at radius 2 is 2.13 bits per heavy atom. The van der Waals surface area contributed by atoms with E-state index in [-0.39, 0.29) is 5.91 Å². The van der Waals surface area contributed by atoms with Crippen molar-refractivity contribution in [2.24, 2.45) is 0 Å². The molecule has 0 aliphatic rings. The van der Waals surface area contributed by atoms with Crippen molar-refractivity contribution in [3.63, 3.8) is 0 Å². The first kappa shape index (κ1) is 17.6. The van der Waals surface area contributed by atoms with Crippen LogP contribution in [0.2, 0.25) is 0 Å². The maximum atomic E-state index is 12.3. The van der Waals surface area contributed by atoms with E-state index in [2.05, 4.69) is 22.4 Å². The molecule has 1 N–H and O–H groups in total. The Labute approximate surface area is 143 Å². The lowest BCUT2D eigenvalue weighted by Gasteiger charge is -2.10. The molecule has 1 amide bonds. The zero-order valence-electron chi connectivity index (χ0n) is 13.3. The zero-order chi connectivity index (χ0) is 16.7. The van der Waals surface area contributed by atoms with Crippen LogP contribution in [0.4, 0.5) is 5.13 Å². The van der Waals surface area contributed by atoms with Crippen LogP contribution in [0.5, 0.6) is 11.5 Å². The normalized spacial score (nSPS) is 10.4. The molecule has 8 heteroatoms. The third-order valence-electron chi connectivity index (χ3n) is 2.78. The van der Waals surface area contributed by atoms with Crippen LogP contribution in [0.3, 0.4) is 0 Å². The highest BCUT2D eigenvalue weighted by molar-refractivity contribution is 8.01. The summed E-state index contributed by atoms with van der Waals surface area (Å²) in [5.41, 5.74) is 0.479. The summed E-state index contributed by atoms with van der Waals surface area (Å²) in [6.45, 7) is 4.48. The lowest BCUT2D eigenvalue weighted by molar-refractivity contribution is 0.102. The van der Waals surface area contributed by atoms with Crippen LogP contribution >= 0.6 is 23.1 Å². The molecule has 1 aromatic heterocycles. The Hall–Kier alpha value is -1.80. The first-order valence-corrected chi connectivity index (χ1v) is 9.06. The van der Waals surface area contributed by atoms with Gasteiger partial charge in [0.05, 0.1) is 13.7 Å². The maximum absolute atomic E-state index is 12.3. The molecule has 1 aromatic carbocycles. The van der Waals surface area contributed by atoms with E-state index in [0.29, 0.717) is 28.8 Å². The lowest BCUT2D eigenvalue weighted by Crippen LogP contribution is -2.12. The minimum atomic E-state index is -0.253. The fourth-order valence-corrected chi connectivity index (χ4v) is 3.44. The van der Waals surface area contributed by atoms with Crippen molar-refractivity contribution in [3.8, 4) is 11.5 Å². The van der Waals surface area contributed by atoms with Crippen molar-refractivity contribution in [3.05, 3.63) is 23.8 Å². The number of amides is 1. The highest BCUT2D eigenvalue weighted by Crippen LogP contribution is 2.29. The van der Waals surface area contributed by atoms with Crippen LogP contribution in [0.25, 0.3) is 0 Å². The Bertz CT molecular complexity index is 661. The molecule has 0 radical (unpaired) electrons. The number of thioether (sulfide) groups is 1. The van der Waals surface area contributed by atoms with E-state index in [1.807, 2.05) is 6.92 Å². The summed E-state index contributed by atoms with van der Waals surface area (Å²) in [6.07, 6.45) is 1.07. The third kappa shape index (κ3) is 4.84. The average molecular weight is 353 g/mol. The van der Waals surface area contributed by atoms with Gasteiger partial charge in [0, 0.05) is 11.3 Å². The highest BCUT2D eigenvalue weighted by atomic mass is 32.2. The van der Waals surface area contributed by atoms with Crippen molar-refractivity contribution in [1.29, 1.82) is 0 Å². The van der Waals surface area contributed by atoms with E-state index in [1.165, 1.54) is 11.3 Å². The van der Waals surface area contributed by atoms with Crippen LogP contribution < -0.4 is 14.8 Å². The molecule has 23 heavy (non-hydrogen) atoms. The monoisotopic (exact) mass is 353 g/mol. The minimum absolute atomic E-state index is 0.253. The molecule has 0 saturated carbocycles. The van der Waals surface area contributed by atoms with E-state index in [1.54, 1.807) is 37.1 Å². The zero-order valence-corrected chi connectivity index (χ0v) is 14.9. The van der Waals surface area contributed by atoms with E-state index in [4.69, 9.17) is 9.47 Å². The summed E-state index contributed by atoms with van der Waals surface area (Å²) in [4.78, 5) is 12.3. The van der Waals surface area contributed by atoms with Gasteiger partial charge in [-0.25, -0.2) is 0 Å². The van der Waals surface area contributed by atoms with E-state index >= 15 is 0 Å². The van der Waals surface area contributed by atoms with Gasteiger partial charge in [0.15, 0.2) is 15.8 Å². The van der Waals surface area contributed by atoms with Gasteiger partial charge in [0.1, 0.15) is 0 Å². The van der Waals surface area contributed by atoms with Crippen LogP contribution in [0.1, 0.15) is 30.6 Å². The first-order valence-electron chi connectivity index (χ1n) is 7.26. The largest absolute Gasteiger partial charge is 0.493 e. The first-order chi connectivity index (χ1) is 11.2. The molecule has 0 atom stereocenters. The summed E-state index contributed by atoms with van der Waals surface area (Å²) >= 11 is 3.01. The van der Waals surface area contributed by atoms with Crippen molar-refractivity contribution < 1.29 is 14.3 Å². The predicted octanol–water partition coefficient (Wildman–Crippen LogP) is 3.70. The van der Waals surface area contributed by atoms with Gasteiger partial charge in [-0.15, -0.1) is 10.2 Å². The number of benzene rings is 1. The molecule has 0 unspecified atom stereocenters. The van der Waals surface area contributed by atoms with Crippen molar-refractivity contribution in [2.45, 2.75) is 24.6 Å². The van der Waals surface area contributed by atoms with Gasteiger partial charge in [-0.05, 0) is 31.5 Å². The van der Waals surface area contributed by atoms with Gasteiger partial charge in [-0.3, -0.25) is 10.1 Å². The number of methoxy groups -OCH3 is 1. The van der Waals surface area contributed by atoms with Gasteiger partial charge in [0.2, 0.25) is 5.13 Å². The average Bonchev–Trinajstić information content (AvgIpc) is 3.00. The summed E-state index contributed by atoms with van der Waals surface area (Å²) in [7, 11) is 1.56.